The smallest absolute Gasteiger partial charge is 0.306 e. The molecule has 69 heavy (non-hydrogen) atoms. The normalized spacial score (nSPS) is 13.9. The first-order valence-electron chi connectivity index (χ1n) is 29.0. The lowest BCUT2D eigenvalue weighted by atomic mass is 10.0. The Morgan fingerprint density at radius 3 is 1.32 bits per heavy atom. The summed E-state index contributed by atoms with van der Waals surface area (Å²) in [4.78, 5) is 26.3. The molecule has 0 saturated heterocycles. The summed E-state index contributed by atoms with van der Waals surface area (Å²) in [5.74, 6) is -0.554. The van der Waals surface area contributed by atoms with Gasteiger partial charge >= 0.3 is 5.97 Å². The number of carbonyl (C=O) groups excluding carboxylic acids is 2. The lowest BCUT2D eigenvalue weighted by molar-refractivity contribution is -0.151. The van der Waals surface area contributed by atoms with Crippen LogP contribution in [0.25, 0.3) is 0 Å². The number of rotatable bonds is 51. The lowest BCUT2D eigenvalue weighted by Gasteiger charge is -2.24. The highest BCUT2D eigenvalue weighted by Gasteiger charge is 2.24. The Morgan fingerprint density at radius 1 is 0.449 bits per heavy atom. The number of esters is 1. The standard InChI is InChI=1S/C63H109NO5/c1-4-7-10-13-16-19-22-25-28-30-32-35-38-41-44-47-50-53-56-63(68)69-59(54-51-48-45-42-39-36-34-31-29-26-23-20-17-14-11-8-5-2)57-62(67)64-60(58-65)61(66)55-52-49-46-43-40-37-33-27-24-21-18-15-12-9-6-3/h8,11,17,20,22,25-26,28-30,32,34-36,42,45,59-61,65-66H,4-7,9-10,12-16,18-19,21,23-24,27,31,33,37-41,43-44,46-58H2,1-3H3,(H,64,67)/b11-8-,20-17-,25-22+,29-26-,30-28+,35-32+,36-34-,45-42-. The zero-order valence-electron chi connectivity index (χ0n) is 45.2. The van der Waals surface area contributed by atoms with E-state index < -0.39 is 18.2 Å². The zero-order valence-corrected chi connectivity index (χ0v) is 45.2. The minimum atomic E-state index is -0.813. The third kappa shape index (κ3) is 51.0. The van der Waals surface area contributed by atoms with E-state index in [2.05, 4.69) is 123 Å². The summed E-state index contributed by atoms with van der Waals surface area (Å²) in [5, 5.41) is 23.9. The summed E-state index contributed by atoms with van der Waals surface area (Å²) in [6, 6.07) is -0.731. The summed E-state index contributed by atoms with van der Waals surface area (Å²) in [6.45, 7) is 6.35. The number of aliphatic hydroxyl groups is 2. The van der Waals surface area contributed by atoms with Crippen LogP contribution in [0.4, 0.5) is 0 Å². The Kier molecular flexibility index (Phi) is 53.1. The van der Waals surface area contributed by atoms with Crippen LogP contribution < -0.4 is 5.32 Å². The van der Waals surface area contributed by atoms with Crippen molar-refractivity contribution in [1.29, 1.82) is 0 Å². The van der Waals surface area contributed by atoms with Crippen molar-refractivity contribution in [2.75, 3.05) is 6.61 Å². The van der Waals surface area contributed by atoms with Crippen molar-refractivity contribution in [2.45, 2.75) is 283 Å². The van der Waals surface area contributed by atoms with E-state index in [1.807, 2.05) is 0 Å². The molecular weight excluding hydrogens is 851 g/mol. The van der Waals surface area contributed by atoms with Crippen molar-refractivity contribution < 1.29 is 24.5 Å². The quantitative estimate of drug-likeness (QED) is 0.0244. The van der Waals surface area contributed by atoms with Gasteiger partial charge in [0, 0.05) is 6.42 Å². The number of unbranched alkanes of at least 4 members (excludes halogenated alkanes) is 25. The van der Waals surface area contributed by atoms with Crippen LogP contribution in [0.15, 0.2) is 97.2 Å². The van der Waals surface area contributed by atoms with Gasteiger partial charge in [-0.25, -0.2) is 0 Å². The first-order chi connectivity index (χ1) is 34.0. The number of carbonyl (C=O) groups is 2. The Labute approximate surface area is 426 Å². The third-order valence-corrected chi connectivity index (χ3v) is 12.7. The summed E-state index contributed by atoms with van der Waals surface area (Å²) < 4.78 is 5.93. The van der Waals surface area contributed by atoms with Gasteiger partial charge in [0.15, 0.2) is 0 Å². The van der Waals surface area contributed by atoms with Crippen LogP contribution in [0.3, 0.4) is 0 Å². The Bertz CT molecular complexity index is 1350. The van der Waals surface area contributed by atoms with E-state index in [-0.39, 0.29) is 24.9 Å². The van der Waals surface area contributed by atoms with Gasteiger partial charge in [-0.15, -0.1) is 0 Å². The van der Waals surface area contributed by atoms with Crippen LogP contribution >= 0.6 is 0 Å². The number of hydrogen-bond donors (Lipinski definition) is 3. The van der Waals surface area contributed by atoms with Crippen LogP contribution in [0, 0.1) is 0 Å². The van der Waals surface area contributed by atoms with E-state index in [4.69, 9.17) is 4.74 Å². The number of amides is 1. The van der Waals surface area contributed by atoms with Crippen LogP contribution in [0.5, 0.6) is 0 Å². The average molecular weight is 961 g/mol. The van der Waals surface area contributed by atoms with Crippen LogP contribution in [0.2, 0.25) is 0 Å². The Hall–Kier alpha value is -3.22. The molecule has 1 amide bonds. The maximum Gasteiger partial charge on any atom is 0.306 e. The fraction of sp³-hybridized carbons (Fsp3) is 0.714. The van der Waals surface area contributed by atoms with Crippen LogP contribution in [-0.2, 0) is 14.3 Å². The number of ether oxygens (including phenoxy) is 1. The van der Waals surface area contributed by atoms with Crippen molar-refractivity contribution >= 4 is 11.9 Å². The topological polar surface area (TPSA) is 95.9 Å². The maximum atomic E-state index is 13.3. The average Bonchev–Trinajstić information content (AvgIpc) is 3.34. The summed E-state index contributed by atoms with van der Waals surface area (Å²) >= 11 is 0. The SMILES string of the molecule is CC/C=C\C/C=C\C/C=C\C/C=C\C/C=C\CCCC(CC(=O)NC(CO)C(O)CCCCCCCCCCCCCCCCC)OC(=O)CCCCCCC/C=C/C=C/C=C/CCCCCCC. The monoisotopic (exact) mass is 960 g/mol. The number of allylic oxidation sites excluding steroid dienone is 16. The van der Waals surface area contributed by atoms with Gasteiger partial charge in [0.2, 0.25) is 5.91 Å². The molecule has 0 aliphatic rings. The molecule has 0 radical (unpaired) electrons. The molecule has 3 atom stereocenters. The van der Waals surface area contributed by atoms with E-state index in [0.717, 1.165) is 109 Å². The molecular formula is C63H109NO5. The highest BCUT2D eigenvalue weighted by atomic mass is 16.5. The van der Waals surface area contributed by atoms with Gasteiger partial charge in [-0.1, -0.05) is 259 Å². The predicted molar refractivity (Wildman–Crippen MR) is 300 cm³/mol. The van der Waals surface area contributed by atoms with Crippen molar-refractivity contribution in [2.24, 2.45) is 0 Å². The molecule has 3 unspecified atom stereocenters. The Morgan fingerprint density at radius 2 is 0.855 bits per heavy atom. The summed E-state index contributed by atoms with van der Waals surface area (Å²) in [6.07, 6.45) is 74.7. The second kappa shape index (κ2) is 55.7. The molecule has 3 N–H and O–H groups in total. The molecule has 0 aromatic carbocycles. The second-order valence-electron chi connectivity index (χ2n) is 19.4. The fourth-order valence-corrected chi connectivity index (χ4v) is 8.35. The van der Waals surface area contributed by atoms with Crippen LogP contribution in [-0.4, -0.2) is 46.9 Å². The van der Waals surface area contributed by atoms with E-state index >= 15 is 0 Å². The molecule has 6 heteroatoms. The molecule has 0 aliphatic heterocycles. The molecule has 0 aliphatic carbocycles. The lowest BCUT2D eigenvalue weighted by Crippen LogP contribution is -2.46. The van der Waals surface area contributed by atoms with E-state index in [1.54, 1.807) is 0 Å². The summed E-state index contributed by atoms with van der Waals surface area (Å²) in [5.41, 5.74) is 0. The largest absolute Gasteiger partial charge is 0.462 e. The first kappa shape index (κ1) is 65.8. The molecule has 6 nitrogen and oxygen atoms in total. The number of hydrogen-bond acceptors (Lipinski definition) is 5. The fourth-order valence-electron chi connectivity index (χ4n) is 8.35. The zero-order chi connectivity index (χ0) is 50.2. The number of nitrogens with one attached hydrogen (secondary N) is 1. The maximum absolute atomic E-state index is 13.3. The molecule has 0 bridgehead atoms. The predicted octanol–water partition coefficient (Wildman–Crippen LogP) is 18.1. The molecule has 0 rings (SSSR count). The minimum Gasteiger partial charge on any atom is -0.462 e. The molecule has 0 fully saturated rings. The van der Waals surface area contributed by atoms with Gasteiger partial charge in [0.25, 0.3) is 0 Å². The molecule has 0 aromatic rings. The Balaban J connectivity index is 4.72. The van der Waals surface area contributed by atoms with E-state index in [1.165, 1.54) is 109 Å². The molecule has 0 aromatic heterocycles. The molecule has 396 valence electrons. The van der Waals surface area contributed by atoms with E-state index in [9.17, 15) is 19.8 Å². The van der Waals surface area contributed by atoms with Crippen molar-refractivity contribution in [3.63, 3.8) is 0 Å². The molecule has 0 heterocycles. The van der Waals surface area contributed by atoms with Gasteiger partial charge in [0.1, 0.15) is 6.10 Å². The van der Waals surface area contributed by atoms with Crippen molar-refractivity contribution in [3.8, 4) is 0 Å². The van der Waals surface area contributed by atoms with Gasteiger partial charge in [-0.05, 0) is 89.9 Å². The highest BCUT2D eigenvalue weighted by Crippen LogP contribution is 2.17. The van der Waals surface area contributed by atoms with Gasteiger partial charge in [-0.2, -0.15) is 0 Å². The van der Waals surface area contributed by atoms with Crippen molar-refractivity contribution in [1.82, 2.24) is 5.32 Å². The third-order valence-electron chi connectivity index (χ3n) is 12.7. The van der Waals surface area contributed by atoms with E-state index in [0.29, 0.717) is 19.3 Å². The minimum absolute atomic E-state index is 0.0255. The highest BCUT2D eigenvalue weighted by molar-refractivity contribution is 5.77. The second-order valence-corrected chi connectivity index (χ2v) is 19.4. The van der Waals surface area contributed by atoms with Crippen molar-refractivity contribution in [3.05, 3.63) is 97.2 Å². The number of aliphatic hydroxyl groups excluding tert-OH is 2. The first-order valence-corrected chi connectivity index (χ1v) is 29.0. The van der Waals surface area contributed by atoms with Gasteiger partial charge < -0.3 is 20.3 Å². The summed E-state index contributed by atoms with van der Waals surface area (Å²) in [7, 11) is 0. The molecule has 0 saturated carbocycles. The molecule has 0 spiro atoms. The van der Waals surface area contributed by atoms with Gasteiger partial charge in [0.05, 0.1) is 25.2 Å². The van der Waals surface area contributed by atoms with Gasteiger partial charge in [-0.3, -0.25) is 9.59 Å². The van der Waals surface area contributed by atoms with Crippen LogP contribution in [0.1, 0.15) is 265 Å².